The summed E-state index contributed by atoms with van der Waals surface area (Å²) in [4.78, 5) is 26.1. The number of benzene rings is 1. The molecule has 0 bridgehead atoms. The van der Waals surface area contributed by atoms with Gasteiger partial charge in [0.2, 0.25) is 0 Å². The number of hydrogen-bond acceptors (Lipinski definition) is 3. The minimum absolute atomic E-state index is 0.168. The van der Waals surface area contributed by atoms with Gasteiger partial charge in [-0.2, -0.15) is 0 Å². The lowest BCUT2D eigenvalue weighted by Crippen LogP contribution is -2.49. The van der Waals surface area contributed by atoms with Crippen LogP contribution >= 0.6 is 23.2 Å². The van der Waals surface area contributed by atoms with Crippen LogP contribution in [0.2, 0.25) is 10.0 Å². The standard InChI is InChI=1S/C16H19Cl2NO3/c1-10-4-3-5-11(2)19(10)15(20)9-22-16(21)13-7-6-12(17)8-14(13)18/h6-8,10-11H,3-5,9H2,1-2H3/t10-,11-/m0/s1. The number of piperidine rings is 1. The van der Waals surface area contributed by atoms with Crippen LogP contribution in [-0.4, -0.2) is 35.5 Å². The molecule has 0 saturated carbocycles. The molecule has 1 amide bonds. The Kier molecular flexibility index (Phi) is 5.70. The predicted molar refractivity (Wildman–Crippen MR) is 86.4 cm³/mol. The van der Waals surface area contributed by atoms with Crippen LogP contribution in [0.1, 0.15) is 43.5 Å². The van der Waals surface area contributed by atoms with Crippen molar-refractivity contribution >= 4 is 35.1 Å². The predicted octanol–water partition coefficient (Wildman–Crippen LogP) is 3.94. The van der Waals surface area contributed by atoms with E-state index in [0.29, 0.717) is 5.02 Å². The van der Waals surface area contributed by atoms with E-state index in [-0.39, 0.29) is 35.2 Å². The molecule has 1 aliphatic heterocycles. The molecule has 0 aromatic heterocycles. The van der Waals surface area contributed by atoms with Crippen LogP contribution in [0.25, 0.3) is 0 Å². The summed E-state index contributed by atoms with van der Waals surface area (Å²) in [7, 11) is 0. The van der Waals surface area contributed by atoms with Gasteiger partial charge in [-0.05, 0) is 51.3 Å². The van der Waals surface area contributed by atoms with Gasteiger partial charge in [0.1, 0.15) is 0 Å². The summed E-state index contributed by atoms with van der Waals surface area (Å²) in [6, 6.07) is 4.86. The molecule has 1 aromatic rings. The average Bonchev–Trinajstić information content (AvgIpc) is 2.44. The fraction of sp³-hybridized carbons (Fsp3) is 0.500. The molecule has 2 atom stereocenters. The Morgan fingerprint density at radius 2 is 1.86 bits per heavy atom. The van der Waals surface area contributed by atoms with E-state index in [0.717, 1.165) is 19.3 Å². The maximum absolute atomic E-state index is 12.3. The second-order valence-electron chi connectivity index (χ2n) is 5.63. The highest BCUT2D eigenvalue weighted by Crippen LogP contribution is 2.24. The Morgan fingerprint density at radius 3 is 2.45 bits per heavy atom. The number of rotatable bonds is 3. The zero-order valence-electron chi connectivity index (χ0n) is 12.6. The van der Waals surface area contributed by atoms with Crippen molar-refractivity contribution in [2.24, 2.45) is 0 Å². The zero-order valence-corrected chi connectivity index (χ0v) is 14.2. The molecule has 0 unspecified atom stereocenters. The number of carbonyl (C=O) groups excluding carboxylic acids is 2. The molecular formula is C16H19Cl2NO3. The van der Waals surface area contributed by atoms with Crippen LogP contribution in [0.4, 0.5) is 0 Å². The molecule has 0 spiro atoms. The molecular weight excluding hydrogens is 325 g/mol. The van der Waals surface area contributed by atoms with Crippen molar-refractivity contribution in [3.63, 3.8) is 0 Å². The van der Waals surface area contributed by atoms with E-state index in [9.17, 15) is 9.59 Å². The maximum Gasteiger partial charge on any atom is 0.340 e. The molecule has 2 rings (SSSR count). The van der Waals surface area contributed by atoms with Crippen LogP contribution < -0.4 is 0 Å². The van der Waals surface area contributed by atoms with E-state index in [1.807, 2.05) is 13.8 Å². The normalized spacial score (nSPS) is 21.5. The van der Waals surface area contributed by atoms with Gasteiger partial charge in [-0.15, -0.1) is 0 Å². The van der Waals surface area contributed by atoms with Crippen molar-refractivity contribution in [3.05, 3.63) is 33.8 Å². The minimum Gasteiger partial charge on any atom is -0.452 e. The van der Waals surface area contributed by atoms with Crippen LogP contribution in [0, 0.1) is 0 Å². The minimum atomic E-state index is -0.618. The van der Waals surface area contributed by atoms with Crippen molar-refractivity contribution in [3.8, 4) is 0 Å². The summed E-state index contributed by atoms with van der Waals surface area (Å²) in [5, 5.41) is 0.651. The average molecular weight is 344 g/mol. The van der Waals surface area contributed by atoms with Crippen molar-refractivity contribution in [1.29, 1.82) is 0 Å². The van der Waals surface area contributed by atoms with E-state index in [4.69, 9.17) is 27.9 Å². The molecule has 120 valence electrons. The Morgan fingerprint density at radius 1 is 1.23 bits per heavy atom. The van der Waals surface area contributed by atoms with Crippen molar-refractivity contribution in [1.82, 2.24) is 4.90 Å². The van der Waals surface area contributed by atoms with Crippen molar-refractivity contribution < 1.29 is 14.3 Å². The number of likely N-dealkylation sites (tertiary alicyclic amines) is 1. The summed E-state index contributed by atoms with van der Waals surface area (Å²) in [5.74, 6) is -0.787. The zero-order chi connectivity index (χ0) is 16.3. The number of nitrogens with zero attached hydrogens (tertiary/aromatic N) is 1. The fourth-order valence-corrected chi connectivity index (χ4v) is 3.33. The smallest absolute Gasteiger partial charge is 0.340 e. The van der Waals surface area contributed by atoms with Gasteiger partial charge >= 0.3 is 5.97 Å². The maximum atomic E-state index is 12.3. The van der Waals surface area contributed by atoms with Crippen molar-refractivity contribution in [2.75, 3.05) is 6.61 Å². The van der Waals surface area contributed by atoms with Gasteiger partial charge in [-0.1, -0.05) is 23.2 Å². The van der Waals surface area contributed by atoms with E-state index in [1.54, 1.807) is 11.0 Å². The summed E-state index contributed by atoms with van der Waals surface area (Å²) in [5.41, 5.74) is 0.207. The number of halogens is 2. The molecule has 6 heteroatoms. The Hall–Kier alpha value is -1.26. The first-order chi connectivity index (χ1) is 10.4. The molecule has 0 radical (unpaired) electrons. The van der Waals surface area contributed by atoms with Crippen LogP contribution in [0.15, 0.2) is 18.2 Å². The number of hydrogen-bond donors (Lipinski definition) is 0. The molecule has 1 saturated heterocycles. The third-order valence-corrected chi connectivity index (χ3v) is 4.51. The summed E-state index contributed by atoms with van der Waals surface area (Å²) in [6.45, 7) is 3.77. The van der Waals surface area contributed by atoms with E-state index in [2.05, 4.69) is 0 Å². The SMILES string of the molecule is C[C@H]1CCC[C@H](C)N1C(=O)COC(=O)c1ccc(Cl)cc1Cl. The largest absolute Gasteiger partial charge is 0.452 e. The molecule has 0 N–H and O–H groups in total. The first-order valence-electron chi connectivity index (χ1n) is 7.33. The van der Waals surface area contributed by atoms with Gasteiger partial charge in [-0.3, -0.25) is 4.79 Å². The molecule has 4 nitrogen and oxygen atoms in total. The van der Waals surface area contributed by atoms with Gasteiger partial charge in [0, 0.05) is 17.1 Å². The van der Waals surface area contributed by atoms with Gasteiger partial charge in [-0.25, -0.2) is 4.79 Å². The van der Waals surface area contributed by atoms with E-state index >= 15 is 0 Å². The Bertz CT molecular complexity index is 567. The number of carbonyl (C=O) groups is 2. The van der Waals surface area contributed by atoms with E-state index in [1.165, 1.54) is 12.1 Å². The molecule has 0 aliphatic carbocycles. The van der Waals surface area contributed by atoms with Crippen LogP contribution in [0.3, 0.4) is 0 Å². The third kappa shape index (κ3) is 3.93. The monoisotopic (exact) mass is 343 g/mol. The third-order valence-electron chi connectivity index (χ3n) is 3.96. The van der Waals surface area contributed by atoms with Gasteiger partial charge in [0.25, 0.3) is 5.91 Å². The second-order valence-corrected chi connectivity index (χ2v) is 6.47. The fourth-order valence-electron chi connectivity index (χ4n) is 2.85. The summed E-state index contributed by atoms with van der Waals surface area (Å²) >= 11 is 11.7. The highest BCUT2D eigenvalue weighted by molar-refractivity contribution is 6.36. The van der Waals surface area contributed by atoms with Gasteiger partial charge in [0.05, 0.1) is 10.6 Å². The summed E-state index contributed by atoms with van der Waals surface area (Å²) in [6.07, 6.45) is 3.08. The Balaban J connectivity index is 1.97. The molecule has 1 fully saturated rings. The molecule has 1 aliphatic rings. The quantitative estimate of drug-likeness (QED) is 0.781. The van der Waals surface area contributed by atoms with Crippen LogP contribution in [-0.2, 0) is 9.53 Å². The first-order valence-corrected chi connectivity index (χ1v) is 8.09. The first kappa shape index (κ1) is 17.1. The van der Waals surface area contributed by atoms with Crippen LogP contribution in [0.5, 0.6) is 0 Å². The molecule has 22 heavy (non-hydrogen) atoms. The number of amides is 1. The summed E-state index contributed by atoms with van der Waals surface area (Å²) < 4.78 is 5.10. The topological polar surface area (TPSA) is 46.6 Å². The molecule has 1 heterocycles. The Labute approximate surface area is 140 Å². The van der Waals surface area contributed by atoms with Gasteiger partial charge in [0.15, 0.2) is 6.61 Å². The number of ether oxygens (including phenoxy) is 1. The lowest BCUT2D eigenvalue weighted by atomic mass is 9.97. The number of esters is 1. The lowest BCUT2D eigenvalue weighted by molar-refractivity contribution is -0.140. The molecule has 1 aromatic carbocycles. The highest BCUT2D eigenvalue weighted by atomic mass is 35.5. The van der Waals surface area contributed by atoms with E-state index < -0.39 is 5.97 Å². The highest BCUT2D eigenvalue weighted by Gasteiger charge is 2.29. The second kappa shape index (κ2) is 7.34. The van der Waals surface area contributed by atoms with Gasteiger partial charge < -0.3 is 9.64 Å². The van der Waals surface area contributed by atoms with Crippen molar-refractivity contribution in [2.45, 2.75) is 45.2 Å². The lowest BCUT2D eigenvalue weighted by Gasteiger charge is -2.38.